The van der Waals surface area contributed by atoms with E-state index in [0.29, 0.717) is 12.1 Å². The maximum absolute atomic E-state index is 11.5. The zero-order valence-corrected chi connectivity index (χ0v) is 11.5. The van der Waals surface area contributed by atoms with Gasteiger partial charge in [0.25, 0.3) is 0 Å². The van der Waals surface area contributed by atoms with Crippen molar-refractivity contribution in [3.8, 4) is 0 Å². The summed E-state index contributed by atoms with van der Waals surface area (Å²) < 4.78 is 23.8. The van der Waals surface area contributed by atoms with Crippen molar-refractivity contribution in [2.24, 2.45) is 0 Å². The molecular formula is C10H14BrNO3S. The van der Waals surface area contributed by atoms with Gasteiger partial charge in [-0.05, 0) is 25.2 Å². The van der Waals surface area contributed by atoms with Crippen molar-refractivity contribution < 1.29 is 13.5 Å². The van der Waals surface area contributed by atoms with E-state index in [1.54, 1.807) is 19.2 Å². The second-order valence-electron chi connectivity index (χ2n) is 3.53. The Morgan fingerprint density at radius 2 is 2.12 bits per heavy atom. The van der Waals surface area contributed by atoms with Crippen LogP contribution < -0.4 is 5.32 Å². The number of aliphatic hydroxyl groups excluding tert-OH is 1. The molecule has 0 heterocycles. The molecule has 6 heteroatoms. The molecule has 0 saturated heterocycles. The van der Waals surface area contributed by atoms with Crippen LogP contribution >= 0.6 is 15.9 Å². The predicted molar refractivity (Wildman–Crippen MR) is 66.1 cm³/mol. The van der Waals surface area contributed by atoms with E-state index in [4.69, 9.17) is 0 Å². The fraction of sp³-hybridized carbons (Fsp3) is 0.400. The molecule has 90 valence electrons. The first-order valence-corrected chi connectivity index (χ1v) is 7.37. The highest BCUT2D eigenvalue weighted by atomic mass is 79.9. The summed E-state index contributed by atoms with van der Waals surface area (Å²) in [6, 6.07) is 4.76. The number of likely N-dealkylation sites (N-methyl/N-ethyl adjacent to an activating group) is 1. The average molecular weight is 308 g/mol. The van der Waals surface area contributed by atoms with E-state index in [9.17, 15) is 13.5 Å². The zero-order valence-electron chi connectivity index (χ0n) is 9.07. The van der Waals surface area contributed by atoms with Gasteiger partial charge >= 0.3 is 0 Å². The second kappa shape index (κ2) is 5.27. The molecular weight excluding hydrogens is 294 g/mol. The van der Waals surface area contributed by atoms with Crippen molar-refractivity contribution in [2.45, 2.75) is 11.0 Å². The molecule has 0 fully saturated rings. The van der Waals surface area contributed by atoms with E-state index in [1.165, 1.54) is 6.07 Å². The number of nitrogens with one attached hydrogen (secondary N) is 1. The Morgan fingerprint density at radius 1 is 1.50 bits per heavy atom. The van der Waals surface area contributed by atoms with Crippen LogP contribution in [0.15, 0.2) is 27.6 Å². The lowest BCUT2D eigenvalue weighted by molar-refractivity contribution is 0.174. The van der Waals surface area contributed by atoms with E-state index in [0.717, 1.165) is 10.7 Å². The highest BCUT2D eigenvalue weighted by molar-refractivity contribution is 9.10. The van der Waals surface area contributed by atoms with Crippen molar-refractivity contribution in [3.63, 3.8) is 0 Å². The molecule has 1 unspecified atom stereocenters. The van der Waals surface area contributed by atoms with Gasteiger partial charge in [0.15, 0.2) is 9.84 Å². The first-order valence-electron chi connectivity index (χ1n) is 4.68. The normalized spacial score (nSPS) is 13.8. The molecule has 0 aliphatic heterocycles. The molecule has 16 heavy (non-hydrogen) atoms. The Hall–Kier alpha value is -0.430. The Balaban J connectivity index is 3.29. The van der Waals surface area contributed by atoms with Crippen LogP contribution in [0, 0.1) is 0 Å². The van der Waals surface area contributed by atoms with Crippen LogP contribution in [0.2, 0.25) is 0 Å². The van der Waals surface area contributed by atoms with Crippen LogP contribution in [0.25, 0.3) is 0 Å². The van der Waals surface area contributed by atoms with E-state index < -0.39 is 15.9 Å². The maximum Gasteiger partial charge on any atom is 0.175 e. The van der Waals surface area contributed by atoms with Gasteiger partial charge in [0, 0.05) is 22.8 Å². The van der Waals surface area contributed by atoms with Gasteiger partial charge in [-0.1, -0.05) is 15.9 Å². The fourth-order valence-electron chi connectivity index (χ4n) is 1.42. The summed E-state index contributed by atoms with van der Waals surface area (Å²) in [6.07, 6.45) is 0.290. The highest BCUT2D eigenvalue weighted by Crippen LogP contribution is 2.25. The van der Waals surface area contributed by atoms with Crippen molar-refractivity contribution in [2.75, 3.05) is 19.8 Å². The Kier molecular flexibility index (Phi) is 4.49. The van der Waals surface area contributed by atoms with Crippen molar-refractivity contribution in [1.82, 2.24) is 5.32 Å². The minimum atomic E-state index is -3.32. The number of rotatable bonds is 4. The molecule has 2 N–H and O–H groups in total. The number of halogens is 1. The summed E-state index contributed by atoms with van der Waals surface area (Å²) in [5.41, 5.74) is 0.409. The Labute approximate surface area is 104 Å². The molecule has 0 spiro atoms. The fourth-order valence-corrected chi connectivity index (χ4v) is 2.74. The second-order valence-corrected chi connectivity index (χ2v) is 6.43. The molecule has 0 amide bonds. The SMILES string of the molecule is CNCC(O)c1cc(Br)ccc1S(C)(=O)=O. The molecule has 0 aliphatic rings. The van der Waals surface area contributed by atoms with E-state index >= 15 is 0 Å². The first-order chi connectivity index (χ1) is 7.36. The van der Waals surface area contributed by atoms with Crippen molar-refractivity contribution in [3.05, 3.63) is 28.2 Å². The van der Waals surface area contributed by atoms with Gasteiger partial charge in [-0.15, -0.1) is 0 Å². The summed E-state index contributed by atoms with van der Waals surface area (Å²) in [5.74, 6) is 0. The lowest BCUT2D eigenvalue weighted by Gasteiger charge is -2.14. The molecule has 1 aromatic carbocycles. The van der Waals surface area contributed by atoms with Gasteiger partial charge in [0.05, 0.1) is 11.0 Å². The van der Waals surface area contributed by atoms with Gasteiger partial charge in [0.2, 0.25) is 0 Å². The van der Waals surface area contributed by atoms with Crippen molar-refractivity contribution in [1.29, 1.82) is 0 Å². The number of hydrogen-bond donors (Lipinski definition) is 2. The van der Waals surface area contributed by atoms with Gasteiger partial charge in [0.1, 0.15) is 0 Å². The molecule has 1 aromatic rings. The monoisotopic (exact) mass is 307 g/mol. The minimum absolute atomic E-state index is 0.165. The zero-order chi connectivity index (χ0) is 12.3. The maximum atomic E-state index is 11.5. The summed E-state index contributed by atoms with van der Waals surface area (Å²) >= 11 is 3.26. The highest BCUT2D eigenvalue weighted by Gasteiger charge is 2.18. The molecule has 0 bridgehead atoms. The van der Waals surface area contributed by atoms with Crippen LogP contribution in [0.4, 0.5) is 0 Å². The molecule has 4 nitrogen and oxygen atoms in total. The third-order valence-corrected chi connectivity index (χ3v) is 3.79. The Morgan fingerprint density at radius 3 is 2.62 bits per heavy atom. The topological polar surface area (TPSA) is 66.4 Å². The summed E-state index contributed by atoms with van der Waals surface area (Å²) in [6.45, 7) is 0.305. The van der Waals surface area contributed by atoms with Crippen LogP contribution in [-0.2, 0) is 9.84 Å². The van der Waals surface area contributed by atoms with E-state index in [-0.39, 0.29) is 4.90 Å². The minimum Gasteiger partial charge on any atom is -0.387 e. The number of benzene rings is 1. The molecule has 0 aliphatic carbocycles. The lowest BCUT2D eigenvalue weighted by atomic mass is 10.1. The first kappa shape index (κ1) is 13.6. The summed E-state index contributed by atoms with van der Waals surface area (Å²) in [4.78, 5) is 0.165. The van der Waals surface area contributed by atoms with Crippen LogP contribution in [0.3, 0.4) is 0 Å². The van der Waals surface area contributed by atoms with Gasteiger partial charge in [-0.2, -0.15) is 0 Å². The van der Waals surface area contributed by atoms with Gasteiger partial charge in [-0.3, -0.25) is 0 Å². The van der Waals surface area contributed by atoms with Crippen LogP contribution in [-0.4, -0.2) is 33.4 Å². The molecule has 0 aromatic heterocycles. The number of sulfone groups is 1. The van der Waals surface area contributed by atoms with Crippen molar-refractivity contribution >= 4 is 25.8 Å². The standard InChI is InChI=1S/C10H14BrNO3S/c1-12-6-9(13)8-5-7(11)3-4-10(8)16(2,14)15/h3-5,9,12-13H,6H2,1-2H3. The van der Waals surface area contributed by atoms with E-state index in [1.807, 2.05) is 0 Å². The van der Waals surface area contributed by atoms with Crippen LogP contribution in [0.1, 0.15) is 11.7 Å². The van der Waals surface area contributed by atoms with Gasteiger partial charge in [-0.25, -0.2) is 8.42 Å². The number of hydrogen-bond acceptors (Lipinski definition) is 4. The average Bonchev–Trinajstić information content (AvgIpc) is 2.16. The lowest BCUT2D eigenvalue weighted by Crippen LogP contribution is -2.18. The third kappa shape index (κ3) is 3.28. The quantitative estimate of drug-likeness (QED) is 0.874. The van der Waals surface area contributed by atoms with Gasteiger partial charge < -0.3 is 10.4 Å². The number of aliphatic hydroxyl groups is 1. The largest absolute Gasteiger partial charge is 0.387 e. The smallest absolute Gasteiger partial charge is 0.175 e. The Bertz CT molecular complexity index is 473. The predicted octanol–water partition coefficient (Wildman–Crippen LogP) is 1.11. The van der Waals surface area contributed by atoms with Crippen LogP contribution in [0.5, 0.6) is 0 Å². The summed E-state index contributed by atoms with van der Waals surface area (Å²) in [5, 5.41) is 12.6. The third-order valence-electron chi connectivity index (χ3n) is 2.13. The molecule has 0 radical (unpaired) electrons. The molecule has 0 saturated carbocycles. The molecule has 1 rings (SSSR count). The van der Waals surface area contributed by atoms with E-state index in [2.05, 4.69) is 21.2 Å². The molecule has 1 atom stereocenters. The summed E-state index contributed by atoms with van der Waals surface area (Å²) in [7, 11) is -1.63.